The SMILES string of the molecule is CCc1c(C)sc(NC(=O)CCCOc2ccc(Cl)cc2C)c1C(=O)OC(C)C. The van der Waals surface area contributed by atoms with Crippen LogP contribution in [0.1, 0.15) is 60.0 Å². The van der Waals surface area contributed by atoms with E-state index in [9.17, 15) is 9.59 Å². The van der Waals surface area contributed by atoms with E-state index in [1.54, 1.807) is 6.07 Å². The maximum Gasteiger partial charge on any atom is 0.341 e. The van der Waals surface area contributed by atoms with Crippen molar-refractivity contribution in [3.05, 3.63) is 44.8 Å². The lowest BCUT2D eigenvalue weighted by atomic mass is 10.1. The van der Waals surface area contributed by atoms with Crippen molar-refractivity contribution in [3.63, 3.8) is 0 Å². The second-order valence-electron chi connectivity index (χ2n) is 7.06. The molecule has 0 radical (unpaired) electrons. The minimum Gasteiger partial charge on any atom is -0.493 e. The van der Waals surface area contributed by atoms with Gasteiger partial charge in [-0.25, -0.2) is 4.79 Å². The van der Waals surface area contributed by atoms with Crippen molar-refractivity contribution in [1.29, 1.82) is 0 Å². The Morgan fingerprint density at radius 3 is 2.59 bits per heavy atom. The molecule has 0 aliphatic heterocycles. The van der Waals surface area contributed by atoms with E-state index < -0.39 is 5.97 Å². The molecule has 1 amide bonds. The fourth-order valence-electron chi connectivity index (χ4n) is 2.96. The molecule has 1 N–H and O–H groups in total. The summed E-state index contributed by atoms with van der Waals surface area (Å²) in [5.41, 5.74) is 2.36. The highest BCUT2D eigenvalue weighted by atomic mass is 35.5. The molecule has 7 heteroatoms. The number of esters is 1. The summed E-state index contributed by atoms with van der Waals surface area (Å²) in [5, 5.41) is 4.11. The molecule has 0 atom stereocenters. The van der Waals surface area contributed by atoms with Gasteiger partial charge in [-0.2, -0.15) is 0 Å². The first kappa shape index (κ1) is 23.2. The number of amides is 1. The second kappa shape index (κ2) is 10.6. The topological polar surface area (TPSA) is 64.6 Å². The summed E-state index contributed by atoms with van der Waals surface area (Å²) in [6.45, 7) is 9.90. The highest BCUT2D eigenvalue weighted by molar-refractivity contribution is 7.16. The van der Waals surface area contributed by atoms with E-state index in [1.807, 2.05) is 46.8 Å². The number of thiophene rings is 1. The first-order chi connectivity index (χ1) is 13.7. The fourth-order valence-corrected chi connectivity index (χ4v) is 4.34. The smallest absolute Gasteiger partial charge is 0.341 e. The van der Waals surface area contributed by atoms with Crippen LogP contribution in [0.25, 0.3) is 0 Å². The number of benzene rings is 1. The van der Waals surface area contributed by atoms with Crippen molar-refractivity contribution in [3.8, 4) is 5.75 Å². The van der Waals surface area contributed by atoms with Gasteiger partial charge in [0, 0.05) is 16.3 Å². The van der Waals surface area contributed by atoms with Crippen molar-refractivity contribution in [1.82, 2.24) is 0 Å². The number of aryl methyl sites for hydroxylation is 2. The van der Waals surface area contributed by atoms with Gasteiger partial charge in [0.15, 0.2) is 0 Å². The number of ether oxygens (including phenoxy) is 2. The van der Waals surface area contributed by atoms with Gasteiger partial charge in [0.1, 0.15) is 10.8 Å². The molecule has 0 fully saturated rings. The highest BCUT2D eigenvalue weighted by Gasteiger charge is 2.24. The molecule has 158 valence electrons. The lowest BCUT2D eigenvalue weighted by Gasteiger charge is -2.11. The molecule has 0 saturated heterocycles. The van der Waals surface area contributed by atoms with Gasteiger partial charge >= 0.3 is 5.97 Å². The second-order valence-corrected chi connectivity index (χ2v) is 8.72. The van der Waals surface area contributed by atoms with Gasteiger partial charge in [0.05, 0.1) is 18.3 Å². The molecule has 0 unspecified atom stereocenters. The monoisotopic (exact) mass is 437 g/mol. The Hall–Kier alpha value is -2.05. The van der Waals surface area contributed by atoms with Crippen LogP contribution in [-0.4, -0.2) is 24.6 Å². The van der Waals surface area contributed by atoms with Crippen LogP contribution in [0.3, 0.4) is 0 Å². The number of hydrogen-bond acceptors (Lipinski definition) is 5. The van der Waals surface area contributed by atoms with E-state index in [-0.39, 0.29) is 12.0 Å². The Kier molecular flexibility index (Phi) is 8.53. The molecule has 1 aromatic carbocycles. The molecule has 0 spiro atoms. The van der Waals surface area contributed by atoms with Crippen molar-refractivity contribution in [2.75, 3.05) is 11.9 Å². The highest BCUT2D eigenvalue weighted by Crippen LogP contribution is 2.34. The zero-order chi connectivity index (χ0) is 21.6. The molecule has 0 bridgehead atoms. The summed E-state index contributed by atoms with van der Waals surface area (Å²) in [6, 6.07) is 5.44. The quantitative estimate of drug-likeness (QED) is 0.389. The molecule has 5 nitrogen and oxygen atoms in total. The lowest BCUT2D eigenvalue weighted by Crippen LogP contribution is -2.17. The molecule has 2 aromatic rings. The van der Waals surface area contributed by atoms with Gasteiger partial charge in [0.2, 0.25) is 5.91 Å². The maximum absolute atomic E-state index is 12.5. The Morgan fingerprint density at radius 1 is 1.24 bits per heavy atom. The van der Waals surface area contributed by atoms with E-state index in [2.05, 4.69) is 5.32 Å². The van der Waals surface area contributed by atoms with Gasteiger partial charge in [-0.3, -0.25) is 4.79 Å². The third-order valence-corrected chi connectivity index (χ3v) is 5.60. The van der Waals surface area contributed by atoms with Crippen LogP contribution in [0.4, 0.5) is 5.00 Å². The summed E-state index contributed by atoms with van der Waals surface area (Å²) >= 11 is 7.35. The predicted molar refractivity (Wildman–Crippen MR) is 119 cm³/mol. The van der Waals surface area contributed by atoms with Crippen LogP contribution in [0.2, 0.25) is 5.02 Å². The minimum atomic E-state index is -0.391. The van der Waals surface area contributed by atoms with Gasteiger partial charge in [-0.05, 0) is 69.9 Å². The maximum atomic E-state index is 12.5. The number of carbonyl (C=O) groups is 2. The summed E-state index contributed by atoms with van der Waals surface area (Å²) < 4.78 is 11.1. The molecule has 0 aliphatic carbocycles. The van der Waals surface area contributed by atoms with E-state index in [0.29, 0.717) is 41.5 Å². The van der Waals surface area contributed by atoms with Crippen LogP contribution in [-0.2, 0) is 16.0 Å². The molecule has 0 aliphatic rings. The molecule has 0 saturated carbocycles. The average molecular weight is 438 g/mol. The first-order valence-electron chi connectivity index (χ1n) is 9.75. The third-order valence-electron chi connectivity index (χ3n) is 4.31. The summed E-state index contributed by atoms with van der Waals surface area (Å²) in [7, 11) is 0. The molecular formula is C22H28ClNO4S. The number of hydrogen-bond donors (Lipinski definition) is 1. The van der Waals surface area contributed by atoms with Gasteiger partial charge in [-0.15, -0.1) is 11.3 Å². The third kappa shape index (κ3) is 6.47. The number of anilines is 1. The fraction of sp³-hybridized carbons (Fsp3) is 0.455. The molecule has 1 aromatic heterocycles. The zero-order valence-corrected chi connectivity index (χ0v) is 19.1. The number of rotatable bonds is 9. The van der Waals surface area contributed by atoms with Crippen molar-refractivity contribution >= 4 is 39.8 Å². The van der Waals surface area contributed by atoms with Crippen molar-refractivity contribution < 1.29 is 19.1 Å². The largest absolute Gasteiger partial charge is 0.493 e. The molecule has 2 rings (SSSR count). The van der Waals surface area contributed by atoms with Crippen LogP contribution < -0.4 is 10.1 Å². The van der Waals surface area contributed by atoms with Crippen LogP contribution in [0, 0.1) is 13.8 Å². The Bertz CT molecular complexity index is 876. The minimum absolute atomic E-state index is 0.149. The average Bonchev–Trinajstić information content (AvgIpc) is 2.94. The van der Waals surface area contributed by atoms with E-state index >= 15 is 0 Å². The number of halogens is 1. The summed E-state index contributed by atoms with van der Waals surface area (Å²) in [5.74, 6) is 0.219. The first-order valence-corrected chi connectivity index (χ1v) is 10.9. The number of carbonyl (C=O) groups excluding carboxylic acids is 2. The Labute approximate surface area is 181 Å². The van der Waals surface area contributed by atoms with Crippen LogP contribution >= 0.6 is 22.9 Å². The Balaban J connectivity index is 1.95. The van der Waals surface area contributed by atoms with Crippen molar-refractivity contribution in [2.45, 2.75) is 60.0 Å². The molecule has 1 heterocycles. The van der Waals surface area contributed by atoms with Crippen LogP contribution in [0.15, 0.2) is 18.2 Å². The van der Waals surface area contributed by atoms with Gasteiger partial charge < -0.3 is 14.8 Å². The van der Waals surface area contributed by atoms with E-state index in [0.717, 1.165) is 21.8 Å². The van der Waals surface area contributed by atoms with Crippen LogP contribution in [0.5, 0.6) is 5.75 Å². The lowest BCUT2D eigenvalue weighted by molar-refractivity contribution is -0.116. The van der Waals surface area contributed by atoms with Gasteiger partial charge in [-0.1, -0.05) is 18.5 Å². The van der Waals surface area contributed by atoms with Crippen molar-refractivity contribution in [2.24, 2.45) is 0 Å². The van der Waals surface area contributed by atoms with E-state index in [1.165, 1.54) is 11.3 Å². The zero-order valence-electron chi connectivity index (χ0n) is 17.6. The summed E-state index contributed by atoms with van der Waals surface area (Å²) in [6.07, 6.45) is 1.34. The number of nitrogens with one attached hydrogen (secondary N) is 1. The van der Waals surface area contributed by atoms with E-state index in [4.69, 9.17) is 21.1 Å². The Morgan fingerprint density at radius 2 is 1.97 bits per heavy atom. The normalized spacial score (nSPS) is 10.9. The summed E-state index contributed by atoms with van der Waals surface area (Å²) in [4.78, 5) is 26.0. The predicted octanol–water partition coefficient (Wildman–Crippen LogP) is 5.94. The molecular weight excluding hydrogens is 410 g/mol. The molecule has 29 heavy (non-hydrogen) atoms. The standard InChI is InChI=1S/C22H28ClNO4S/c1-6-17-15(5)29-21(20(17)22(26)28-13(2)3)24-19(25)8-7-11-27-18-10-9-16(23)12-14(18)4/h9-10,12-13H,6-8,11H2,1-5H3,(H,24,25). The van der Waals surface area contributed by atoms with Gasteiger partial charge in [0.25, 0.3) is 0 Å².